The third-order valence-electron chi connectivity index (χ3n) is 4.69. The summed E-state index contributed by atoms with van der Waals surface area (Å²) in [5.74, 6) is 0.231. The lowest BCUT2D eigenvalue weighted by molar-refractivity contribution is -0.122. The summed E-state index contributed by atoms with van der Waals surface area (Å²) in [6.07, 6.45) is -0.704. The summed E-state index contributed by atoms with van der Waals surface area (Å²) >= 11 is 0. The number of rotatable bonds is 7. The lowest BCUT2D eigenvalue weighted by atomic mass is 10.2. The second-order valence-electron chi connectivity index (χ2n) is 7.30. The molecule has 0 saturated carbocycles. The molecule has 0 aliphatic carbocycles. The molecular formula is C24H21N3O6. The summed E-state index contributed by atoms with van der Waals surface area (Å²) in [5.41, 5.74) is 1.06. The van der Waals surface area contributed by atoms with E-state index in [4.69, 9.17) is 14.0 Å². The largest absolute Gasteiger partial charge is 0.481 e. The van der Waals surface area contributed by atoms with Gasteiger partial charge in [0.15, 0.2) is 11.8 Å². The molecule has 168 valence electrons. The highest BCUT2D eigenvalue weighted by molar-refractivity contribution is 5.95. The van der Waals surface area contributed by atoms with Gasteiger partial charge in [0.25, 0.3) is 11.5 Å². The molecule has 4 aromatic rings. The number of anilines is 1. The number of amides is 1. The van der Waals surface area contributed by atoms with E-state index in [-0.39, 0.29) is 12.5 Å². The maximum Gasteiger partial charge on any atom is 0.338 e. The van der Waals surface area contributed by atoms with Crippen molar-refractivity contribution in [3.8, 4) is 5.75 Å². The number of nitrogens with zero attached hydrogens (tertiary/aromatic N) is 2. The monoisotopic (exact) mass is 447 g/mol. The number of nitrogens with one attached hydrogen (secondary N) is 1. The lowest BCUT2D eigenvalue weighted by Gasteiger charge is -2.14. The molecule has 2 aromatic heterocycles. The zero-order chi connectivity index (χ0) is 23.4. The molecule has 1 N–H and O–H groups in total. The van der Waals surface area contributed by atoms with Gasteiger partial charge in [-0.1, -0.05) is 18.2 Å². The van der Waals surface area contributed by atoms with Crippen molar-refractivity contribution in [2.45, 2.75) is 26.6 Å². The van der Waals surface area contributed by atoms with Crippen molar-refractivity contribution in [3.63, 3.8) is 0 Å². The Morgan fingerprint density at radius 2 is 1.82 bits per heavy atom. The molecule has 1 atom stereocenters. The van der Waals surface area contributed by atoms with Gasteiger partial charge in [0.05, 0.1) is 11.3 Å². The van der Waals surface area contributed by atoms with Gasteiger partial charge >= 0.3 is 5.97 Å². The maximum atomic E-state index is 12.4. The Kier molecular flexibility index (Phi) is 6.21. The summed E-state index contributed by atoms with van der Waals surface area (Å²) in [6, 6.07) is 18.2. The quantitative estimate of drug-likeness (QED) is 0.432. The average molecular weight is 447 g/mol. The van der Waals surface area contributed by atoms with E-state index in [1.54, 1.807) is 44.2 Å². The summed E-state index contributed by atoms with van der Waals surface area (Å²) in [6.45, 7) is 3.19. The van der Waals surface area contributed by atoms with Crippen molar-refractivity contribution >= 4 is 23.2 Å². The highest BCUT2D eigenvalue weighted by atomic mass is 16.5. The van der Waals surface area contributed by atoms with Crippen LogP contribution in [-0.2, 0) is 16.1 Å². The highest BCUT2D eigenvalue weighted by Gasteiger charge is 2.16. The van der Waals surface area contributed by atoms with Crippen molar-refractivity contribution in [3.05, 3.63) is 94.1 Å². The third-order valence-corrected chi connectivity index (χ3v) is 4.69. The number of hydrogen-bond donors (Lipinski definition) is 1. The molecule has 9 heteroatoms. The Hall–Kier alpha value is -4.40. The summed E-state index contributed by atoms with van der Waals surface area (Å²) in [4.78, 5) is 41.0. The molecule has 0 radical (unpaired) electrons. The van der Waals surface area contributed by atoms with E-state index in [1.165, 1.54) is 18.2 Å². The van der Waals surface area contributed by atoms with E-state index in [9.17, 15) is 14.4 Å². The smallest absolute Gasteiger partial charge is 0.338 e. The van der Waals surface area contributed by atoms with E-state index in [2.05, 4.69) is 10.3 Å². The van der Waals surface area contributed by atoms with Gasteiger partial charge in [-0.25, -0.2) is 9.78 Å². The molecule has 2 aromatic carbocycles. The minimum atomic E-state index is -0.704. The van der Waals surface area contributed by atoms with Crippen molar-refractivity contribution in [2.75, 3.05) is 5.32 Å². The van der Waals surface area contributed by atoms with Gasteiger partial charge < -0.3 is 19.3 Å². The molecule has 0 fully saturated rings. The van der Waals surface area contributed by atoms with Gasteiger partial charge in [-0.2, -0.15) is 0 Å². The second kappa shape index (κ2) is 9.39. The molecular weight excluding hydrogens is 426 g/mol. The fourth-order valence-electron chi connectivity index (χ4n) is 3.06. The van der Waals surface area contributed by atoms with E-state index >= 15 is 0 Å². The first-order chi connectivity index (χ1) is 15.9. The van der Waals surface area contributed by atoms with Crippen LogP contribution >= 0.6 is 0 Å². The van der Waals surface area contributed by atoms with E-state index < -0.39 is 17.6 Å². The van der Waals surface area contributed by atoms with Crippen LogP contribution in [0.4, 0.5) is 5.69 Å². The number of aromatic nitrogens is 2. The minimum Gasteiger partial charge on any atom is -0.481 e. The number of carbonyl (C=O) groups excluding carboxylic acids is 2. The van der Waals surface area contributed by atoms with Crippen molar-refractivity contribution in [2.24, 2.45) is 0 Å². The first-order valence-electron chi connectivity index (χ1n) is 10.2. The number of para-hydroxylation sites is 1. The van der Waals surface area contributed by atoms with E-state index in [1.807, 2.05) is 18.2 Å². The minimum absolute atomic E-state index is 0.165. The molecule has 0 aliphatic rings. The van der Waals surface area contributed by atoms with Crippen LogP contribution in [0.1, 0.15) is 28.7 Å². The fraction of sp³-hybridized carbons (Fsp3) is 0.167. The number of esters is 1. The zero-order valence-corrected chi connectivity index (χ0v) is 18.0. The van der Waals surface area contributed by atoms with Crippen LogP contribution in [-0.4, -0.2) is 27.5 Å². The van der Waals surface area contributed by atoms with E-state index in [0.717, 1.165) is 4.57 Å². The Labute approximate surface area is 188 Å². The number of hydrogen-bond acceptors (Lipinski definition) is 7. The zero-order valence-electron chi connectivity index (χ0n) is 18.0. The molecule has 0 saturated heterocycles. The molecule has 33 heavy (non-hydrogen) atoms. The van der Waals surface area contributed by atoms with Gasteiger partial charge in [-0.3, -0.25) is 9.59 Å². The van der Waals surface area contributed by atoms with Crippen LogP contribution in [0.15, 0.2) is 76.0 Å². The number of aryl methyl sites for hydroxylation is 1. The van der Waals surface area contributed by atoms with Gasteiger partial charge in [0.1, 0.15) is 18.1 Å². The molecule has 9 nitrogen and oxygen atoms in total. The summed E-state index contributed by atoms with van der Waals surface area (Å²) in [5, 5.41) is 2.74. The Bertz CT molecular complexity index is 1340. The maximum absolute atomic E-state index is 12.4. The second-order valence-corrected chi connectivity index (χ2v) is 7.30. The third kappa shape index (κ3) is 5.27. The standard InChI is InChI=1S/C24H21N3O6/c1-15-12-21-25-19(13-22(28)27(21)33-15)14-31-24(30)17-8-10-18(11-9-17)26-23(29)16(2)32-20-6-4-3-5-7-20/h3-13,16H,14H2,1-2H3,(H,26,29)/t16-/m1/s1. The summed E-state index contributed by atoms with van der Waals surface area (Å²) in [7, 11) is 0. The Balaban J connectivity index is 1.33. The molecule has 1 amide bonds. The number of carbonyl (C=O) groups is 2. The first kappa shape index (κ1) is 21.8. The topological polar surface area (TPSA) is 112 Å². The predicted molar refractivity (Wildman–Crippen MR) is 119 cm³/mol. The van der Waals surface area contributed by atoms with Crippen LogP contribution in [0.2, 0.25) is 0 Å². The molecule has 0 bridgehead atoms. The van der Waals surface area contributed by atoms with Crippen molar-refractivity contribution in [1.82, 2.24) is 9.56 Å². The van der Waals surface area contributed by atoms with Gasteiger partial charge in [0.2, 0.25) is 0 Å². The Morgan fingerprint density at radius 1 is 1.09 bits per heavy atom. The predicted octanol–water partition coefficient (Wildman–Crippen LogP) is 3.36. The SMILES string of the molecule is Cc1cc2nc(COC(=O)c3ccc(NC(=O)[C@@H](C)Oc4ccccc4)cc3)cc(=O)n2o1. The van der Waals surface area contributed by atoms with Gasteiger partial charge in [-0.05, 0) is 50.2 Å². The molecule has 0 spiro atoms. The lowest BCUT2D eigenvalue weighted by Crippen LogP contribution is -2.30. The van der Waals surface area contributed by atoms with E-state index in [0.29, 0.717) is 34.1 Å². The number of benzene rings is 2. The molecule has 0 aliphatic heterocycles. The fourth-order valence-corrected chi connectivity index (χ4v) is 3.06. The molecule has 0 unspecified atom stereocenters. The number of ether oxygens (including phenoxy) is 2. The van der Waals surface area contributed by atoms with Crippen LogP contribution in [0.5, 0.6) is 5.75 Å². The van der Waals surface area contributed by atoms with Crippen molar-refractivity contribution in [1.29, 1.82) is 0 Å². The Morgan fingerprint density at radius 3 is 2.55 bits per heavy atom. The number of fused-ring (bicyclic) bond motifs is 1. The van der Waals surface area contributed by atoms with Crippen LogP contribution in [0.3, 0.4) is 0 Å². The average Bonchev–Trinajstić information content (AvgIpc) is 3.19. The first-order valence-corrected chi connectivity index (χ1v) is 10.2. The summed E-state index contributed by atoms with van der Waals surface area (Å²) < 4.78 is 17.2. The van der Waals surface area contributed by atoms with Crippen LogP contribution in [0.25, 0.3) is 5.65 Å². The highest BCUT2D eigenvalue weighted by Crippen LogP contribution is 2.15. The van der Waals surface area contributed by atoms with Gasteiger partial charge in [-0.15, -0.1) is 4.57 Å². The van der Waals surface area contributed by atoms with Gasteiger partial charge in [0, 0.05) is 17.8 Å². The van der Waals surface area contributed by atoms with Crippen LogP contribution < -0.4 is 15.6 Å². The van der Waals surface area contributed by atoms with Crippen molar-refractivity contribution < 1.29 is 23.6 Å². The van der Waals surface area contributed by atoms with Crippen LogP contribution in [0, 0.1) is 6.92 Å². The molecule has 2 heterocycles. The molecule has 4 rings (SSSR count). The normalized spacial score (nSPS) is 11.7.